The molecule has 0 radical (unpaired) electrons. The zero-order chi connectivity index (χ0) is 27.2. The summed E-state index contributed by atoms with van der Waals surface area (Å²) in [5.74, 6) is -1.85. The number of amides is 1. The van der Waals surface area contributed by atoms with Crippen molar-refractivity contribution in [2.24, 2.45) is 0 Å². The van der Waals surface area contributed by atoms with Crippen LogP contribution in [0, 0.1) is 5.41 Å². The molecule has 1 amide bonds. The van der Waals surface area contributed by atoms with Crippen LogP contribution in [0.3, 0.4) is 0 Å². The number of fused-ring (bicyclic) bond motifs is 1. The number of carbonyl (C=O) groups is 1. The lowest BCUT2D eigenvalue weighted by Crippen LogP contribution is -2.36. The normalized spacial score (nSPS) is 22.0. The van der Waals surface area contributed by atoms with Gasteiger partial charge in [0.1, 0.15) is 11.6 Å². The van der Waals surface area contributed by atoms with E-state index in [-0.39, 0.29) is 30.8 Å². The molecule has 12 heteroatoms. The molecule has 2 fully saturated rings. The van der Waals surface area contributed by atoms with Crippen molar-refractivity contribution in [1.82, 2.24) is 14.9 Å². The Morgan fingerprint density at radius 1 is 1.18 bits per heavy atom. The van der Waals surface area contributed by atoms with E-state index >= 15 is 0 Å². The Bertz CT molecular complexity index is 1230. The molecule has 38 heavy (non-hydrogen) atoms. The lowest BCUT2D eigenvalue weighted by Gasteiger charge is -2.29. The monoisotopic (exact) mass is 529 g/mol. The van der Waals surface area contributed by atoms with Crippen LogP contribution in [0.2, 0.25) is 0 Å². The molecule has 2 saturated heterocycles. The number of ether oxygens (including phenoxy) is 2. The lowest BCUT2D eigenvalue weighted by molar-refractivity contribution is -0.121. The highest BCUT2D eigenvalue weighted by Crippen LogP contribution is 2.47. The molecular formula is C26H33F2N7O3. The molecule has 0 bridgehead atoms. The average molecular weight is 530 g/mol. The molecule has 2 aromatic rings. The zero-order valence-corrected chi connectivity index (χ0v) is 22.1. The molecule has 4 heterocycles. The fourth-order valence-corrected chi connectivity index (χ4v) is 5.33. The summed E-state index contributed by atoms with van der Waals surface area (Å²) >= 11 is 0. The maximum absolute atomic E-state index is 13.8. The number of benzene rings is 1. The number of anilines is 4. The van der Waals surface area contributed by atoms with Crippen LogP contribution in [-0.2, 0) is 26.3 Å². The number of nitrogens with zero attached hydrogens (tertiary/aromatic N) is 5. The summed E-state index contributed by atoms with van der Waals surface area (Å²) in [7, 11) is 1.71. The molecule has 204 valence electrons. The number of morpholine rings is 1. The Morgan fingerprint density at radius 3 is 2.45 bits per heavy atom. The molecule has 3 aliphatic heterocycles. The van der Waals surface area contributed by atoms with Gasteiger partial charge in [-0.2, -0.15) is 0 Å². The van der Waals surface area contributed by atoms with Crippen LogP contribution in [0.25, 0.3) is 0 Å². The van der Waals surface area contributed by atoms with Crippen LogP contribution in [0.4, 0.5) is 31.8 Å². The van der Waals surface area contributed by atoms with E-state index in [1.54, 1.807) is 18.9 Å². The Morgan fingerprint density at radius 2 is 1.84 bits per heavy atom. The smallest absolute Gasteiger partial charge is 0.285 e. The SMILES string of the molecule is CNc1nc(COC(=N)N2CC(F)(F)C[C@H]2C)nc2c1C(C)(C)C(=O)N2c1ccc(N2CCOCC2)cc1. The van der Waals surface area contributed by atoms with Crippen molar-refractivity contribution in [2.45, 2.75) is 51.2 Å². The van der Waals surface area contributed by atoms with Crippen molar-refractivity contribution < 1.29 is 23.0 Å². The Labute approximate surface area is 220 Å². The minimum atomic E-state index is -2.86. The highest BCUT2D eigenvalue weighted by atomic mass is 19.3. The molecule has 0 aliphatic carbocycles. The van der Waals surface area contributed by atoms with Crippen molar-refractivity contribution in [1.29, 1.82) is 5.41 Å². The predicted molar refractivity (Wildman–Crippen MR) is 139 cm³/mol. The summed E-state index contributed by atoms with van der Waals surface area (Å²) in [6, 6.07) is 6.90. The molecule has 0 unspecified atom stereocenters. The second-order valence-corrected chi connectivity index (χ2v) is 10.4. The van der Waals surface area contributed by atoms with E-state index in [1.165, 1.54) is 4.90 Å². The highest BCUT2D eigenvalue weighted by Gasteiger charge is 2.48. The van der Waals surface area contributed by atoms with E-state index in [9.17, 15) is 13.6 Å². The van der Waals surface area contributed by atoms with E-state index in [0.717, 1.165) is 18.8 Å². The van der Waals surface area contributed by atoms with Crippen molar-refractivity contribution in [3.05, 3.63) is 35.7 Å². The minimum Gasteiger partial charge on any atom is -0.457 e. The molecular weight excluding hydrogens is 496 g/mol. The lowest BCUT2D eigenvalue weighted by atomic mass is 9.87. The number of aromatic nitrogens is 2. The molecule has 1 atom stereocenters. The third-order valence-corrected chi connectivity index (χ3v) is 7.36. The Hall–Kier alpha value is -3.54. The van der Waals surface area contributed by atoms with Gasteiger partial charge in [-0.3, -0.25) is 15.1 Å². The van der Waals surface area contributed by atoms with Gasteiger partial charge >= 0.3 is 0 Å². The number of alkyl halides is 2. The second kappa shape index (κ2) is 9.64. The summed E-state index contributed by atoms with van der Waals surface area (Å²) in [6.07, 6.45) is -0.325. The molecule has 5 rings (SSSR count). The van der Waals surface area contributed by atoms with Gasteiger partial charge in [-0.15, -0.1) is 0 Å². The average Bonchev–Trinajstić information content (AvgIpc) is 3.30. The van der Waals surface area contributed by atoms with Crippen molar-refractivity contribution in [3.8, 4) is 0 Å². The van der Waals surface area contributed by atoms with Gasteiger partial charge in [0.25, 0.3) is 11.9 Å². The van der Waals surface area contributed by atoms with Gasteiger partial charge in [0.05, 0.1) is 36.4 Å². The van der Waals surface area contributed by atoms with Gasteiger partial charge in [0, 0.05) is 38.3 Å². The molecule has 10 nitrogen and oxygen atoms in total. The maximum Gasteiger partial charge on any atom is 0.285 e. The standard InChI is InChI=1S/C26H33F2N7O3/c1-16-13-26(27,28)15-34(16)24(29)38-14-19-31-21(30-4)20-22(32-19)35(23(36)25(20,2)3)18-7-5-17(6-8-18)33-9-11-37-12-10-33/h5-8,16,29H,9-15H2,1-4H3,(H,30,31,32)/t16-/m1/s1. The summed E-state index contributed by atoms with van der Waals surface area (Å²) in [5, 5.41) is 11.3. The van der Waals surface area contributed by atoms with Crippen LogP contribution in [-0.4, -0.2) is 78.7 Å². The predicted octanol–water partition coefficient (Wildman–Crippen LogP) is 3.49. The third kappa shape index (κ3) is 4.61. The molecule has 0 saturated carbocycles. The molecule has 3 aliphatic rings. The Balaban J connectivity index is 1.42. The quantitative estimate of drug-likeness (QED) is 0.448. The first-order valence-corrected chi connectivity index (χ1v) is 12.7. The van der Waals surface area contributed by atoms with Crippen molar-refractivity contribution >= 4 is 34.9 Å². The van der Waals surface area contributed by atoms with E-state index in [1.807, 2.05) is 38.1 Å². The number of halogens is 2. The summed E-state index contributed by atoms with van der Waals surface area (Å²) in [6.45, 7) is 7.52. The number of nitrogens with one attached hydrogen (secondary N) is 2. The van der Waals surface area contributed by atoms with E-state index in [2.05, 4.69) is 20.2 Å². The van der Waals surface area contributed by atoms with Gasteiger partial charge < -0.3 is 24.6 Å². The Kier molecular flexibility index (Phi) is 6.62. The molecule has 1 aromatic carbocycles. The second-order valence-electron chi connectivity index (χ2n) is 10.4. The minimum absolute atomic E-state index is 0.142. The van der Waals surface area contributed by atoms with Crippen LogP contribution >= 0.6 is 0 Å². The summed E-state index contributed by atoms with van der Waals surface area (Å²) in [5.41, 5.74) is 1.50. The van der Waals surface area contributed by atoms with Crippen LogP contribution in [0.1, 0.15) is 38.6 Å². The van der Waals surface area contributed by atoms with E-state index < -0.39 is 23.9 Å². The summed E-state index contributed by atoms with van der Waals surface area (Å²) in [4.78, 5) is 27.9. The highest BCUT2D eigenvalue weighted by molar-refractivity contribution is 6.12. The van der Waals surface area contributed by atoms with Gasteiger partial charge in [0.2, 0.25) is 5.91 Å². The van der Waals surface area contributed by atoms with Crippen LogP contribution in [0.5, 0.6) is 0 Å². The number of carbonyl (C=O) groups excluding carboxylic acids is 1. The van der Waals surface area contributed by atoms with Gasteiger partial charge in [-0.05, 0) is 45.0 Å². The van der Waals surface area contributed by atoms with Gasteiger partial charge in [0.15, 0.2) is 12.4 Å². The van der Waals surface area contributed by atoms with Crippen molar-refractivity contribution in [3.63, 3.8) is 0 Å². The fraction of sp³-hybridized carbons (Fsp3) is 0.538. The largest absolute Gasteiger partial charge is 0.457 e. The van der Waals surface area contributed by atoms with E-state index in [4.69, 9.17) is 14.9 Å². The number of hydrogen-bond acceptors (Lipinski definition) is 8. The first-order valence-electron chi connectivity index (χ1n) is 12.7. The van der Waals surface area contributed by atoms with Crippen LogP contribution in [0.15, 0.2) is 24.3 Å². The van der Waals surface area contributed by atoms with Crippen LogP contribution < -0.4 is 15.1 Å². The molecule has 1 aromatic heterocycles. The molecule has 2 N–H and O–H groups in total. The fourth-order valence-electron chi connectivity index (χ4n) is 5.33. The van der Waals surface area contributed by atoms with Crippen molar-refractivity contribution in [2.75, 3.05) is 55.0 Å². The number of amidine groups is 1. The van der Waals surface area contributed by atoms with Gasteiger partial charge in [-0.25, -0.2) is 18.7 Å². The number of likely N-dealkylation sites (tertiary alicyclic amines) is 1. The first-order chi connectivity index (χ1) is 18.0. The van der Waals surface area contributed by atoms with Gasteiger partial charge in [-0.1, -0.05) is 0 Å². The zero-order valence-electron chi connectivity index (χ0n) is 22.1. The van der Waals surface area contributed by atoms with E-state index in [0.29, 0.717) is 36.1 Å². The number of hydrogen-bond donors (Lipinski definition) is 2. The topological polar surface area (TPSA) is 107 Å². The summed E-state index contributed by atoms with van der Waals surface area (Å²) < 4.78 is 38.6. The maximum atomic E-state index is 13.8. The third-order valence-electron chi connectivity index (χ3n) is 7.36. The molecule has 0 spiro atoms. The number of rotatable bonds is 5. The first kappa shape index (κ1) is 26.1.